The number of nitrogens with one attached hydrogen (secondary N) is 1. The van der Waals surface area contributed by atoms with Crippen molar-refractivity contribution in [2.75, 3.05) is 66.0 Å². The summed E-state index contributed by atoms with van der Waals surface area (Å²) in [7, 11) is 6.44. The second kappa shape index (κ2) is 12.6. The lowest BCUT2D eigenvalue weighted by Crippen LogP contribution is -2.74. The van der Waals surface area contributed by atoms with Crippen LogP contribution in [-0.4, -0.2) is 121 Å². The summed E-state index contributed by atoms with van der Waals surface area (Å²) in [5, 5.41) is 25.9. The topological polar surface area (TPSA) is 128 Å². The molecule has 0 amide bonds. The molecule has 0 radical (unpaired) electrons. The van der Waals surface area contributed by atoms with Crippen LogP contribution in [0.4, 0.5) is 5.69 Å². The Morgan fingerprint density at radius 1 is 0.964 bits per heavy atom. The summed E-state index contributed by atoms with van der Waals surface area (Å²) in [6.07, 6.45) is 8.41. The number of benzene rings is 2. The summed E-state index contributed by atoms with van der Waals surface area (Å²) < 4.78 is 17.8. The van der Waals surface area contributed by atoms with Crippen LogP contribution in [0, 0.1) is 11.3 Å². The molecular formula is C44H56N4O7. The zero-order chi connectivity index (χ0) is 38.7. The smallest absolute Gasteiger partial charge is 0.340 e. The molecule has 3 fully saturated rings. The maximum atomic E-state index is 15.2. The molecule has 1 spiro atoms. The van der Waals surface area contributed by atoms with E-state index < -0.39 is 39.5 Å². The van der Waals surface area contributed by atoms with Gasteiger partial charge in [0, 0.05) is 84.0 Å². The summed E-state index contributed by atoms with van der Waals surface area (Å²) in [6, 6.07) is 11.8. The zero-order valence-electron chi connectivity index (χ0n) is 33.1. The van der Waals surface area contributed by atoms with E-state index in [1.54, 1.807) is 7.11 Å². The summed E-state index contributed by atoms with van der Waals surface area (Å²) in [4.78, 5) is 40.0. The van der Waals surface area contributed by atoms with Crippen LogP contribution < -0.4 is 9.64 Å². The molecule has 1 unspecified atom stereocenters. The van der Waals surface area contributed by atoms with E-state index in [0.717, 1.165) is 72.4 Å². The average molecular weight is 753 g/mol. The minimum atomic E-state index is -1.81. The van der Waals surface area contributed by atoms with Crippen LogP contribution in [0.15, 0.2) is 48.6 Å². The number of hydrogen-bond donors (Lipinski definition) is 3. The Labute approximate surface area is 323 Å². The third-order valence-electron chi connectivity index (χ3n) is 15.2. The fourth-order valence-corrected chi connectivity index (χ4v) is 13.2. The van der Waals surface area contributed by atoms with Crippen LogP contribution in [0.5, 0.6) is 5.75 Å². The first-order valence-electron chi connectivity index (χ1n) is 20.2. The van der Waals surface area contributed by atoms with Gasteiger partial charge in [0.1, 0.15) is 11.2 Å². The number of aliphatic hydroxyl groups is 2. The van der Waals surface area contributed by atoms with Gasteiger partial charge in [-0.05, 0) is 80.7 Å². The molecule has 1 saturated carbocycles. The molecule has 6 aliphatic rings. The first-order chi connectivity index (χ1) is 26.4. The number of rotatable bonds is 6. The molecule has 9 rings (SSSR count). The molecule has 2 bridgehead atoms. The number of H-pyrrole nitrogens is 1. The van der Waals surface area contributed by atoms with Gasteiger partial charge in [0.2, 0.25) is 0 Å². The molecule has 2 aromatic carbocycles. The Kier molecular flexibility index (Phi) is 8.38. The number of carbonyl (C=O) groups is 2. The Hall–Kier alpha value is -3.90. The molecule has 3 aromatic rings. The van der Waals surface area contributed by atoms with Crippen molar-refractivity contribution in [1.29, 1.82) is 0 Å². The SMILES string of the molecule is CC[C@]1(O)C[C@@H]2CN(CCc3c([nH]c4ccccc34)[C@@](C(=O)OC)(c3cc4c(cc3OC)N(C)[C@@H]3[C@]45CCN4CC=C[C@@](CC)(C[C@]3(O)C(=O)OC)[C@H]45)C2)C1. The van der Waals surface area contributed by atoms with Crippen molar-refractivity contribution >= 4 is 28.5 Å². The number of fused-ring (bicyclic) bond motifs is 6. The monoisotopic (exact) mass is 752 g/mol. The Balaban J connectivity index is 1.36. The standard InChI is InChI=1S/C44H56N4O7/c1-7-40-15-11-17-48-19-16-42(36(40)48)30-20-31(34(53-4)21-33(30)46(3)37(42)44(52,25-40)39(50)55-6)43(38(49)54-5)23-27-22-41(51,8-2)26-47(24-27)18-14-29-28-12-9-10-13-32(28)45-35(29)43/h9-13,15,20-21,27,36-37,45,51-52H,7-8,14,16-19,22-26H2,1-6H3/t27-,36-,37+,40-,41-,42+,43-,44+/m0/s1. The van der Waals surface area contributed by atoms with E-state index in [1.807, 2.05) is 32.2 Å². The molecule has 11 heteroatoms. The molecule has 1 aromatic heterocycles. The van der Waals surface area contributed by atoms with Crippen molar-refractivity contribution in [1.82, 2.24) is 14.8 Å². The van der Waals surface area contributed by atoms with Crippen LogP contribution in [0.25, 0.3) is 10.9 Å². The molecule has 3 N–H and O–H groups in total. The number of piperidine rings is 1. The summed E-state index contributed by atoms with van der Waals surface area (Å²) in [6.45, 7) is 7.89. The van der Waals surface area contributed by atoms with Gasteiger partial charge < -0.3 is 34.3 Å². The van der Waals surface area contributed by atoms with Gasteiger partial charge in [-0.25, -0.2) is 4.79 Å². The van der Waals surface area contributed by atoms with Crippen molar-refractivity contribution < 1.29 is 34.0 Å². The molecule has 1 aliphatic carbocycles. The van der Waals surface area contributed by atoms with Crippen molar-refractivity contribution in [3.05, 3.63) is 70.9 Å². The lowest BCUT2D eigenvalue weighted by molar-refractivity contribution is -0.181. The predicted molar refractivity (Wildman–Crippen MR) is 209 cm³/mol. The average Bonchev–Trinajstić information content (AvgIpc) is 3.85. The van der Waals surface area contributed by atoms with Gasteiger partial charge in [0.25, 0.3) is 0 Å². The molecular weight excluding hydrogens is 697 g/mol. The maximum absolute atomic E-state index is 15.2. The van der Waals surface area contributed by atoms with Gasteiger partial charge in [-0.1, -0.05) is 44.2 Å². The minimum Gasteiger partial charge on any atom is -0.496 e. The van der Waals surface area contributed by atoms with Crippen molar-refractivity contribution in [2.24, 2.45) is 11.3 Å². The number of carbonyl (C=O) groups excluding carboxylic acids is 2. The second-order valence-corrected chi connectivity index (χ2v) is 17.6. The molecule has 6 heterocycles. The molecule has 11 nitrogen and oxygen atoms in total. The van der Waals surface area contributed by atoms with Crippen LogP contribution in [0.3, 0.4) is 0 Å². The molecule has 5 aliphatic heterocycles. The van der Waals surface area contributed by atoms with Gasteiger partial charge in [-0.3, -0.25) is 14.6 Å². The second-order valence-electron chi connectivity index (χ2n) is 17.6. The van der Waals surface area contributed by atoms with E-state index in [0.29, 0.717) is 43.5 Å². The number of aromatic amines is 1. The third kappa shape index (κ3) is 4.76. The van der Waals surface area contributed by atoms with E-state index in [4.69, 9.17) is 14.2 Å². The summed E-state index contributed by atoms with van der Waals surface area (Å²) in [5.41, 5.74) is 0.205. The number of para-hydroxylation sites is 1. The summed E-state index contributed by atoms with van der Waals surface area (Å²) >= 11 is 0. The molecule has 294 valence electrons. The van der Waals surface area contributed by atoms with Crippen LogP contribution in [-0.2, 0) is 36.3 Å². The van der Waals surface area contributed by atoms with Crippen molar-refractivity contribution in [3.8, 4) is 5.75 Å². The highest BCUT2D eigenvalue weighted by Gasteiger charge is 2.75. The maximum Gasteiger partial charge on any atom is 0.340 e. The van der Waals surface area contributed by atoms with E-state index in [9.17, 15) is 15.0 Å². The quantitative estimate of drug-likeness (QED) is 0.246. The first kappa shape index (κ1) is 36.7. The normalized spacial score (nSPS) is 37.6. The van der Waals surface area contributed by atoms with Crippen molar-refractivity contribution in [3.63, 3.8) is 0 Å². The number of anilines is 1. The van der Waals surface area contributed by atoms with Crippen LogP contribution >= 0.6 is 0 Å². The number of likely N-dealkylation sites (N-methyl/N-ethyl adjacent to an activating group) is 1. The molecule has 9 atom stereocenters. The molecule has 55 heavy (non-hydrogen) atoms. The highest BCUT2D eigenvalue weighted by molar-refractivity contribution is 5.94. The van der Waals surface area contributed by atoms with Gasteiger partial charge in [0.05, 0.1) is 33.0 Å². The van der Waals surface area contributed by atoms with Crippen LogP contribution in [0.1, 0.15) is 74.8 Å². The number of aromatic nitrogens is 1. The number of hydrogen-bond acceptors (Lipinski definition) is 10. The number of esters is 2. The largest absolute Gasteiger partial charge is 0.496 e. The van der Waals surface area contributed by atoms with Gasteiger partial charge >= 0.3 is 11.9 Å². The fourth-order valence-electron chi connectivity index (χ4n) is 13.2. The van der Waals surface area contributed by atoms with Gasteiger partial charge in [0.15, 0.2) is 5.60 Å². The lowest BCUT2D eigenvalue weighted by atomic mass is 9.49. The number of ether oxygens (including phenoxy) is 3. The highest BCUT2D eigenvalue weighted by atomic mass is 16.5. The van der Waals surface area contributed by atoms with Crippen molar-refractivity contribution in [2.45, 2.75) is 92.9 Å². The van der Waals surface area contributed by atoms with E-state index in [-0.39, 0.29) is 24.3 Å². The first-order valence-corrected chi connectivity index (χ1v) is 20.2. The Morgan fingerprint density at radius 3 is 2.47 bits per heavy atom. The van der Waals surface area contributed by atoms with Crippen LogP contribution in [0.2, 0.25) is 0 Å². The predicted octanol–water partition coefficient (Wildman–Crippen LogP) is 4.45. The third-order valence-corrected chi connectivity index (χ3v) is 15.2. The minimum absolute atomic E-state index is 0.000384. The molecule has 2 saturated heterocycles. The fraction of sp³-hybridized carbons (Fsp3) is 0.591. The Bertz CT molecular complexity index is 2100. The van der Waals surface area contributed by atoms with E-state index >= 15 is 4.79 Å². The van der Waals surface area contributed by atoms with Gasteiger partial charge in [-0.15, -0.1) is 0 Å². The number of methoxy groups -OCH3 is 3. The highest BCUT2D eigenvalue weighted by Crippen LogP contribution is 2.67. The van der Waals surface area contributed by atoms with Gasteiger partial charge in [-0.2, -0.15) is 0 Å². The Morgan fingerprint density at radius 2 is 1.75 bits per heavy atom. The van der Waals surface area contributed by atoms with E-state index in [2.05, 4.69) is 57.0 Å². The number of nitrogens with zero attached hydrogens (tertiary/aromatic N) is 3. The lowest BCUT2D eigenvalue weighted by Gasteiger charge is -2.60. The van der Waals surface area contributed by atoms with E-state index in [1.165, 1.54) is 14.2 Å². The zero-order valence-corrected chi connectivity index (χ0v) is 33.1. The summed E-state index contributed by atoms with van der Waals surface area (Å²) in [5.74, 6) is -0.513.